The highest BCUT2D eigenvalue weighted by molar-refractivity contribution is 6.88. The summed E-state index contributed by atoms with van der Waals surface area (Å²) in [5.41, 5.74) is 4.04. The zero-order valence-electron chi connectivity index (χ0n) is 21.4. The van der Waals surface area contributed by atoms with Crippen LogP contribution in [0.3, 0.4) is 0 Å². The number of para-hydroxylation sites is 1. The van der Waals surface area contributed by atoms with Gasteiger partial charge in [0.1, 0.15) is 24.0 Å². The van der Waals surface area contributed by atoms with E-state index >= 15 is 4.39 Å². The van der Waals surface area contributed by atoms with Crippen LogP contribution >= 0.6 is 0 Å². The second kappa shape index (κ2) is 6.76. The first-order chi connectivity index (χ1) is 15.9. The van der Waals surface area contributed by atoms with Crippen LogP contribution < -0.4 is 9.75 Å². The standard InChI is InChI=1S/C27H27FNOSi/c1-16-13-21-19-9-7-8-10-25(19)30-27(21)26(17(16)2)24-15-22(28)20-12-11-18(31(4,5)6)14-23(20)29(24)3/h7-15H,1-6H3/q+1/i1D3. The van der Waals surface area contributed by atoms with Crippen LogP contribution in [0.2, 0.25) is 19.6 Å². The first-order valence-electron chi connectivity index (χ1n) is 12.0. The Morgan fingerprint density at radius 3 is 2.48 bits per heavy atom. The van der Waals surface area contributed by atoms with E-state index in [4.69, 9.17) is 8.53 Å². The van der Waals surface area contributed by atoms with Crippen LogP contribution in [0.5, 0.6) is 0 Å². The lowest BCUT2D eigenvalue weighted by Gasteiger charge is -2.17. The van der Waals surface area contributed by atoms with Crippen molar-refractivity contribution in [1.82, 2.24) is 0 Å². The Morgan fingerprint density at radius 1 is 0.968 bits per heavy atom. The van der Waals surface area contributed by atoms with Crippen molar-refractivity contribution in [3.05, 3.63) is 71.5 Å². The van der Waals surface area contributed by atoms with Crippen LogP contribution in [0.4, 0.5) is 4.39 Å². The van der Waals surface area contributed by atoms with Crippen LogP contribution in [0, 0.1) is 19.6 Å². The van der Waals surface area contributed by atoms with Crippen molar-refractivity contribution < 1.29 is 17.5 Å². The zero-order chi connectivity index (χ0) is 24.6. The van der Waals surface area contributed by atoms with E-state index in [9.17, 15) is 0 Å². The molecule has 0 aliphatic carbocycles. The van der Waals surface area contributed by atoms with Gasteiger partial charge in [-0.25, -0.2) is 4.39 Å². The molecule has 4 heteroatoms. The van der Waals surface area contributed by atoms with E-state index in [1.54, 1.807) is 13.0 Å². The van der Waals surface area contributed by atoms with Crippen LogP contribution in [-0.2, 0) is 7.05 Å². The lowest BCUT2D eigenvalue weighted by atomic mass is 9.96. The SMILES string of the molecule is [2H]C([2H])([2H])c1cc2c(oc3ccccc32)c(-c2cc(F)c3ccc([Si](C)(C)C)cc3[n+]2C)c1C. The van der Waals surface area contributed by atoms with Crippen molar-refractivity contribution >= 4 is 46.1 Å². The summed E-state index contributed by atoms with van der Waals surface area (Å²) in [4.78, 5) is 0. The number of furan rings is 1. The van der Waals surface area contributed by atoms with Crippen molar-refractivity contribution in [2.45, 2.75) is 33.4 Å². The molecule has 0 saturated heterocycles. The Kier molecular flexibility index (Phi) is 3.64. The quantitative estimate of drug-likeness (QED) is 0.229. The number of pyridine rings is 1. The lowest BCUT2D eigenvalue weighted by molar-refractivity contribution is -0.633. The average Bonchev–Trinajstić information content (AvgIpc) is 3.12. The third kappa shape index (κ3) is 3.00. The molecule has 5 rings (SSSR count). The van der Waals surface area contributed by atoms with Crippen molar-refractivity contribution in [1.29, 1.82) is 0 Å². The minimum Gasteiger partial charge on any atom is -0.455 e. The molecule has 156 valence electrons. The van der Waals surface area contributed by atoms with Gasteiger partial charge in [-0.15, -0.1) is 0 Å². The van der Waals surface area contributed by atoms with E-state index in [-0.39, 0.29) is 11.4 Å². The van der Waals surface area contributed by atoms with Gasteiger partial charge in [0.25, 0.3) is 0 Å². The first kappa shape index (κ1) is 16.7. The normalized spacial score (nSPS) is 14.2. The van der Waals surface area contributed by atoms with E-state index in [1.807, 2.05) is 48.0 Å². The molecule has 0 aliphatic rings. The van der Waals surface area contributed by atoms with E-state index in [0.29, 0.717) is 33.4 Å². The third-order valence-corrected chi connectivity index (χ3v) is 8.34. The predicted octanol–water partition coefficient (Wildman–Crippen LogP) is 6.53. The third-order valence-electron chi connectivity index (χ3n) is 6.29. The molecule has 0 fully saturated rings. The predicted molar refractivity (Wildman–Crippen MR) is 130 cm³/mol. The molecule has 0 unspecified atom stereocenters. The summed E-state index contributed by atoms with van der Waals surface area (Å²) in [6.07, 6.45) is 0. The van der Waals surface area contributed by atoms with Crippen LogP contribution in [0.25, 0.3) is 44.1 Å². The summed E-state index contributed by atoms with van der Waals surface area (Å²) in [6.45, 7) is 6.25. The summed E-state index contributed by atoms with van der Waals surface area (Å²) >= 11 is 0. The highest BCUT2D eigenvalue weighted by atomic mass is 28.3. The van der Waals surface area contributed by atoms with E-state index in [1.165, 1.54) is 11.3 Å². The fourth-order valence-electron chi connectivity index (χ4n) is 4.40. The number of fused-ring (bicyclic) bond motifs is 4. The summed E-state index contributed by atoms with van der Waals surface area (Å²) in [7, 11) is 0.277. The van der Waals surface area contributed by atoms with Gasteiger partial charge in [-0.05, 0) is 43.1 Å². The molecule has 0 atom stereocenters. The molecule has 5 aromatic rings. The minimum atomic E-state index is -2.32. The number of halogens is 1. The van der Waals surface area contributed by atoms with E-state index < -0.39 is 14.9 Å². The topological polar surface area (TPSA) is 17.0 Å². The monoisotopic (exact) mass is 431 g/mol. The molecule has 0 N–H and O–H groups in total. The smallest absolute Gasteiger partial charge is 0.219 e. The van der Waals surface area contributed by atoms with Crippen LogP contribution in [0.1, 0.15) is 15.2 Å². The molecule has 0 saturated carbocycles. The highest BCUT2D eigenvalue weighted by Gasteiger charge is 2.27. The maximum Gasteiger partial charge on any atom is 0.219 e. The summed E-state index contributed by atoms with van der Waals surface area (Å²) in [6, 6.07) is 16.7. The van der Waals surface area contributed by atoms with Gasteiger partial charge in [0.2, 0.25) is 11.2 Å². The van der Waals surface area contributed by atoms with Gasteiger partial charge in [0.05, 0.1) is 19.0 Å². The molecular formula is C27H27FNOSi+. The molecular weight excluding hydrogens is 401 g/mol. The number of rotatable bonds is 2. The molecule has 0 aliphatic heterocycles. The minimum absolute atomic E-state index is 0.248. The molecule has 2 heterocycles. The maximum absolute atomic E-state index is 15.5. The molecule has 0 radical (unpaired) electrons. The van der Waals surface area contributed by atoms with Crippen molar-refractivity contribution in [3.63, 3.8) is 0 Å². The Hall–Kier alpha value is -2.98. The Morgan fingerprint density at radius 2 is 1.74 bits per heavy atom. The largest absolute Gasteiger partial charge is 0.455 e. The lowest BCUT2D eigenvalue weighted by Crippen LogP contribution is -2.40. The van der Waals surface area contributed by atoms with Gasteiger partial charge in [0.15, 0.2) is 0 Å². The Balaban J connectivity index is 1.95. The number of hydrogen-bond acceptors (Lipinski definition) is 1. The van der Waals surface area contributed by atoms with Gasteiger partial charge < -0.3 is 4.42 Å². The molecule has 0 amide bonds. The number of hydrogen-bond donors (Lipinski definition) is 0. The van der Waals surface area contributed by atoms with Gasteiger partial charge >= 0.3 is 0 Å². The summed E-state index contributed by atoms with van der Waals surface area (Å²) < 4.78 is 48.2. The van der Waals surface area contributed by atoms with Crippen molar-refractivity contribution in [2.24, 2.45) is 7.05 Å². The molecule has 3 aromatic carbocycles. The summed E-state index contributed by atoms with van der Waals surface area (Å²) in [5.74, 6) is -0.340. The van der Waals surface area contributed by atoms with Crippen LogP contribution in [-0.4, -0.2) is 8.07 Å². The van der Waals surface area contributed by atoms with Gasteiger partial charge in [0, 0.05) is 27.0 Å². The molecule has 0 bridgehead atoms. The molecule has 2 aromatic heterocycles. The second-order valence-electron chi connectivity index (χ2n) is 9.32. The number of benzene rings is 3. The fourth-order valence-corrected chi connectivity index (χ4v) is 5.56. The van der Waals surface area contributed by atoms with Gasteiger partial charge in [-0.3, -0.25) is 0 Å². The second-order valence-corrected chi connectivity index (χ2v) is 14.4. The van der Waals surface area contributed by atoms with E-state index in [2.05, 4.69) is 25.7 Å². The van der Waals surface area contributed by atoms with Gasteiger partial charge in [-0.2, -0.15) is 4.57 Å². The van der Waals surface area contributed by atoms with Crippen molar-refractivity contribution in [3.8, 4) is 11.3 Å². The molecule has 31 heavy (non-hydrogen) atoms. The number of nitrogens with zero attached hydrogens (tertiary/aromatic N) is 1. The summed E-state index contributed by atoms with van der Waals surface area (Å²) in [5, 5.41) is 3.33. The maximum atomic E-state index is 15.5. The molecule has 0 spiro atoms. The average molecular weight is 432 g/mol. The van der Waals surface area contributed by atoms with Gasteiger partial charge in [-0.1, -0.05) is 49.1 Å². The highest BCUT2D eigenvalue weighted by Crippen LogP contribution is 2.39. The number of aryl methyl sites for hydroxylation is 2. The Bertz CT molecular complexity index is 1610. The zero-order valence-corrected chi connectivity index (χ0v) is 19.4. The molecule has 2 nitrogen and oxygen atoms in total. The van der Waals surface area contributed by atoms with E-state index in [0.717, 1.165) is 16.3 Å². The number of aromatic nitrogens is 1. The first-order valence-corrected chi connectivity index (χ1v) is 14.0. The van der Waals surface area contributed by atoms with Crippen molar-refractivity contribution in [2.75, 3.05) is 0 Å². The van der Waals surface area contributed by atoms with Crippen LogP contribution in [0.15, 0.2) is 59.0 Å². The Labute approximate surface area is 187 Å². The fraction of sp³-hybridized carbons (Fsp3) is 0.222.